The Morgan fingerprint density at radius 1 is 1.20 bits per heavy atom. The quantitative estimate of drug-likeness (QED) is 0.877. The molecule has 2 N–H and O–H groups in total. The molecule has 1 saturated heterocycles. The first kappa shape index (κ1) is 13.2. The Hall–Kier alpha value is -1.76. The van der Waals surface area contributed by atoms with Gasteiger partial charge in [0, 0.05) is 18.7 Å². The lowest BCUT2D eigenvalue weighted by atomic mass is 10.2. The summed E-state index contributed by atoms with van der Waals surface area (Å²) in [4.78, 5) is 6.03. The Labute approximate surface area is 115 Å². The van der Waals surface area contributed by atoms with E-state index in [1.807, 2.05) is 4.90 Å². The molecule has 0 aliphatic carbocycles. The molecule has 0 saturated carbocycles. The molecule has 5 nitrogen and oxygen atoms in total. The second kappa shape index (κ2) is 5.32. The molecule has 2 unspecified atom stereocenters. The van der Waals surface area contributed by atoms with Gasteiger partial charge < -0.3 is 14.6 Å². The molecule has 1 aromatic carbocycles. The maximum Gasteiger partial charge on any atom is 0.209 e. The van der Waals surface area contributed by atoms with Crippen LogP contribution in [0.4, 0.5) is 4.39 Å². The lowest BCUT2D eigenvalue weighted by Crippen LogP contribution is -2.22. The maximum absolute atomic E-state index is 12.9. The normalized spacial score (nSPS) is 23.4. The Morgan fingerprint density at radius 2 is 1.85 bits per heavy atom. The number of nitrogens with zero attached hydrogens (tertiary/aromatic N) is 2. The molecule has 1 aromatic heterocycles. The number of benzene rings is 1. The van der Waals surface area contributed by atoms with Crippen LogP contribution in [0.15, 0.2) is 34.9 Å². The number of hydrogen-bond acceptors (Lipinski definition) is 5. The van der Waals surface area contributed by atoms with Crippen molar-refractivity contribution >= 4 is 0 Å². The predicted molar refractivity (Wildman–Crippen MR) is 69.2 cm³/mol. The summed E-state index contributed by atoms with van der Waals surface area (Å²) in [5, 5.41) is 19.0. The van der Waals surface area contributed by atoms with Crippen LogP contribution in [0.1, 0.15) is 5.89 Å². The van der Waals surface area contributed by atoms with Crippen molar-refractivity contribution in [2.24, 2.45) is 0 Å². The molecular weight excluding hydrogens is 263 g/mol. The largest absolute Gasteiger partial charge is 0.439 e. The molecule has 0 amide bonds. The van der Waals surface area contributed by atoms with E-state index in [1.165, 1.54) is 12.1 Å². The highest BCUT2D eigenvalue weighted by Gasteiger charge is 2.30. The number of aromatic nitrogens is 1. The third kappa shape index (κ3) is 2.72. The van der Waals surface area contributed by atoms with Gasteiger partial charge in [0.1, 0.15) is 5.82 Å². The zero-order valence-electron chi connectivity index (χ0n) is 10.7. The van der Waals surface area contributed by atoms with Crippen LogP contribution in [0.3, 0.4) is 0 Å². The molecule has 0 radical (unpaired) electrons. The molecule has 6 heteroatoms. The highest BCUT2D eigenvalue weighted by Crippen LogP contribution is 2.22. The molecular formula is C14H15FN2O3. The van der Waals surface area contributed by atoms with E-state index in [1.54, 1.807) is 18.3 Å². The first-order valence-electron chi connectivity index (χ1n) is 6.41. The first-order chi connectivity index (χ1) is 9.61. The zero-order chi connectivity index (χ0) is 14.1. The maximum atomic E-state index is 12.9. The standard InChI is InChI=1S/C14H15FN2O3/c15-10-3-1-9(2-4-10)13-5-16-14(20-13)8-17-6-11(18)12(19)7-17/h1-5,11-12,18-19H,6-8H2. The van der Waals surface area contributed by atoms with E-state index in [0.717, 1.165) is 5.56 Å². The number of aliphatic hydroxyl groups excluding tert-OH is 2. The molecule has 2 atom stereocenters. The monoisotopic (exact) mass is 278 g/mol. The fourth-order valence-electron chi connectivity index (χ4n) is 2.30. The SMILES string of the molecule is OC1CN(Cc2ncc(-c3ccc(F)cc3)o2)CC1O. The molecule has 1 aliphatic heterocycles. The van der Waals surface area contributed by atoms with Crippen LogP contribution in [-0.4, -0.2) is 45.4 Å². The molecule has 1 fully saturated rings. The molecule has 2 heterocycles. The van der Waals surface area contributed by atoms with Crippen LogP contribution in [0.25, 0.3) is 11.3 Å². The van der Waals surface area contributed by atoms with Crippen LogP contribution in [0.5, 0.6) is 0 Å². The number of halogens is 1. The van der Waals surface area contributed by atoms with Gasteiger partial charge in [-0.1, -0.05) is 0 Å². The number of hydrogen-bond donors (Lipinski definition) is 2. The first-order valence-corrected chi connectivity index (χ1v) is 6.41. The van der Waals surface area contributed by atoms with Gasteiger partial charge in [-0.25, -0.2) is 9.37 Å². The van der Waals surface area contributed by atoms with E-state index in [2.05, 4.69) is 4.98 Å². The Balaban J connectivity index is 1.69. The van der Waals surface area contributed by atoms with Gasteiger partial charge in [-0.3, -0.25) is 4.90 Å². The molecule has 0 bridgehead atoms. The van der Waals surface area contributed by atoms with Crippen molar-refractivity contribution in [2.75, 3.05) is 13.1 Å². The summed E-state index contributed by atoms with van der Waals surface area (Å²) >= 11 is 0. The lowest BCUT2D eigenvalue weighted by molar-refractivity contribution is 0.0572. The minimum Gasteiger partial charge on any atom is -0.439 e. The summed E-state index contributed by atoms with van der Waals surface area (Å²) in [5.74, 6) is 0.777. The highest BCUT2D eigenvalue weighted by molar-refractivity contribution is 5.55. The van der Waals surface area contributed by atoms with Gasteiger partial charge in [-0.2, -0.15) is 0 Å². The van der Waals surface area contributed by atoms with Crippen LogP contribution in [0, 0.1) is 5.82 Å². The van der Waals surface area contributed by atoms with Crippen LogP contribution in [0.2, 0.25) is 0 Å². The fourth-order valence-corrected chi connectivity index (χ4v) is 2.30. The van der Waals surface area contributed by atoms with E-state index in [4.69, 9.17) is 4.42 Å². The van der Waals surface area contributed by atoms with Gasteiger partial charge in [-0.15, -0.1) is 0 Å². The minimum atomic E-state index is -0.721. The van der Waals surface area contributed by atoms with Crippen LogP contribution in [-0.2, 0) is 6.54 Å². The third-order valence-electron chi connectivity index (χ3n) is 3.38. The number of oxazole rings is 1. The van der Waals surface area contributed by atoms with Crippen LogP contribution >= 0.6 is 0 Å². The number of rotatable bonds is 3. The molecule has 20 heavy (non-hydrogen) atoms. The Morgan fingerprint density at radius 3 is 2.50 bits per heavy atom. The van der Waals surface area contributed by atoms with Gasteiger partial charge in [0.05, 0.1) is 24.9 Å². The van der Waals surface area contributed by atoms with Crippen molar-refractivity contribution in [3.8, 4) is 11.3 Å². The van der Waals surface area contributed by atoms with Crippen LogP contribution < -0.4 is 0 Å². The van der Waals surface area contributed by atoms with Crippen molar-refractivity contribution in [2.45, 2.75) is 18.8 Å². The summed E-state index contributed by atoms with van der Waals surface area (Å²) < 4.78 is 18.5. The summed E-state index contributed by atoms with van der Waals surface area (Å²) in [6.07, 6.45) is 0.147. The summed E-state index contributed by atoms with van der Waals surface area (Å²) in [5.41, 5.74) is 0.756. The van der Waals surface area contributed by atoms with Gasteiger partial charge in [0.15, 0.2) is 5.76 Å². The third-order valence-corrected chi connectivity index (χ3v) is 3.38. The van der Waals surface area contributed by atoms with E-state index in [0.29, 0.717) is 31.3 Å². The average molecular weight is 278 g/mol. The second-order valence-corrected chi connectivity index (χ2v) is 4.95. The molecule has 1 aliphatic rings. The summed E-state index contributed by atoms with van der Waals surface area (Å²) in [7, 11) is 0. The molecule has 3 rings (SSSR count). The number of β-amino-alcohol motifs (C(OH)–C–C–N with tert-alkyl or cyclic N) is 2. The topological polar surface area (TPSA) is 69.7 Å². The number of likely N-dealkylation sites (tertiary alicyclic amines) is 1. The van der Waals surface area contributed by atoms with Crippen molar-refractivity contribution in [3.63, 3.8) is 0 Å². The van der Waals surface area contributed by atoms with E-state index >= 15 is 0 Å². The van der Waals surface area contributed by atoms with Gasteiger partial charge in [-0.05, 0) is 24.3 Å². The lowest BCUT2D eigenvalue weighted by Gasteiger charge is -2.11. The molecule has 2 aromatic rings. The van der Waals surface area contributed by atoms with E-state index in [-0.39, 0.29) is 5.82 Å². The van der Waals surface area contributed by atoms with Crippen molar-refractivity contribution in [1.29, 1.82) is 0 Å². The van der Waals surface area contributed by atoms with Crippen molar-refractivity contribution < 1.29 is 19.0 Å². The van der Waals surface area contributed by atoms with Gasteiger partial charge in [0.2, 0.25) is 5.89 Å². The van der Waals surface area contributed by atoms with Crippen molar-refractivity contribution in [3.05, 3.63) is 42.2 Å². The van der Waals surface area contributed by atoms with E-state index in [9.17, 15) is 14.6 Å². The fraction of sp³-hybridized carbons (Fsp3) is 0.357. The van der Waals surface area contributed by atoms with Gasteiger partial charge in [0.25, 0.3) is 0 Å². The Bertz CT molecular complexity index is 574. The minimum absolute atomic E-state index is 0.298. The van der Waals surface area contributed by atoms with Gasteiger partial charge >= 0.3 is 0 Å². The smallest absolute Gasteiger partial charge is 0.209 e. The summed E-state index contributed by atoms with van der Waals surface area (Å²) in [6, 6.07) is 5.99. The summed E-state index contributed by atoms with van der Waals surface area (Å²) in [6.45, 7) is 1.22. The Kier molecular flexibility index (Phi) is 3.52. The molecule has 0 spiro atoms. The average Bonchev–Trinajstić information content (AvgIpc) is 2.99. The van der Waals surface area contributed by atoms with E-state index < -0.39 is 12.2 Å². The molecule has 106 valence electrons. The highest BCUT2D eigenvalue weighted by atomic mass is 19.1. The van der Waals surface area contributed by atoms with Crippen molar-refractivity contribution in [1.82, 2.24) is 9.88 Å². The number of aliphatic hydroxyl groups is 2. The predicted octanol–water partition coefficient (Wildman–Crippen LogP) is 1.02. The zero-order valence-corrected chi connectivity index (χ0v) is 10.7. The second-order valence-electron chi connectivity index (χ2n) is 4.95.